The van der Waals surface area contributed by atoms with Crippen molar-refractivity contribution in [2.45, 2.75) is 63.8 Å². The second-order valence-electron chi connectivity index (χ2n) is 12.4. The van der Waals surface area contributed by atoms with Crippen LogP contribution in [0.4, 0.5) is 5.69 Å². The summed E-state index contributed by atoms with van der Waals surface area (Å²) in [6.45, 7) is 10.4. The number of carbonyl (C=O) groups is 3. The van der Waals surface area contributed by atoms with Gasteiger partial charge >= 0.3 is 0 Å². The standard InChI is InChI=1S/C31H42N4O5/c1-19-6-4-8-22(18-19)32-28(36)25-24-10-11-31(40-24)26(25)30(38)35(13-12-34-14-16-39-17-15-34)27(31)29(37)33-23-9-5-7-20(2)21(23)3/h4,6,8,10-11,18,20-21,23-27H,5,7,9,12-17H2,1-3H3,(H,32,36)(H,33,37)/t20?,21?,23?,24-,25?,26-,27?,31?/m1/s1. The van der Waals surface area contributed by atoms with Crippen LogP contribution in [-0.2, 0) is 23.9 Å². The van der Waals surface area contributed by atoms with Crippen molar-refractivity contribution in [2.24, 2.45) is 23.7 Å². The van der Waals surface area contributed by atoms with Gasteiger partial charge in [0.15, 0.2) is 0 Å². The number of hydrogen-bond acceptors (Lipinski definition) is 6. The van der Waals surface area contributed by atoms with Crippen LogP contribution in [0.2, 0.25) is 0 Å². The summed E-state index contributed by atoms with van der Waals surface area (Å²) in [5.74, 6) is -1.15. The molecule has 6 unspecified atom stereocenters. The minimum Gasteiger partial charge on any atom is -0.379 e. The Morgan fingerprint density at radius 2 is 1.90 bits per heavy atom. The predicted octanol–water partition coefficient (Wildman–Crippen LogP) is 2.36. The first kappa shape index (κ1) is 27.4. The number of carbonyl (C=O) groups excluding carboxylic acids is 3. The number of benzene rings is 1. The average Bonchev–Trinajstić information content (AvgIpc) is 3.58. The monoisotopic (exact) mass is 550 g/mol. The molecule has 9 nitrogen and oxygen atoms in total. The number of amides is 3. The summed E-state index contributed by atoms with van der Waals surface area (Å²) >= 11 is 0. The molecule has 6 rings (SSSR count). The molecule has 3 amide bonds. The zero-order chi connectivity index (χ0) is 28.0. The molecule has 9 heteroatoms. The summed E-state index contributed by atoms with van der Waals surface area (Å²) in [6.07, 6.45) is 6.41. The van der Waals surface area contributed by atoms with Gasteiger partial charge in [0.2, 0.25) is 17.7 Å². The van der Waals surface area contributed by atoms with E-state index in [0.29, 0.717) is 43.8 Å². The highest BCUT2D eigenvalue weighted by Crippen LogP contribution is 2.55. The van der Waals surface area contributed by atoms with Crippen molar-refractivity contribution in [3.8, 4) is 0 Å². The molecule has 1 aromatic rings. The highest BCUT2D eigenvalue weighted by atomic mass is 16.5. The van der Waals surface area contributed by atoms with Crippen molar-refractivity contribution in [2.75, 3.05) is 44.7 Å². The van der Waals surface area contributed by atoms with E-state index in [4.69, 9.17) is 9.47 Å². The summed E-state index contributed by atoms with van der Waals surface area (Å²) in [7, 11) is 0. The second-order valence-corrected chi connectivity index (χ2v) is 12.4. The van der Waals surface area contributed by atoms with Crippen LogP contribution < -0.4 is 10.6 Å². The Labute approximate surface area is 236 Å². The largest absolute Gasteiger partial charge is 0.379 e. The quantitative estimate of drug-likeness (QED) is 0.506. The third-order valence-corrected chi connectivity index (χ3v) is 10.0. The molecule has 2 bridgehead atoms. The van der Waals surface area contributed by atoms with E-state index in [-0.39, 0.29) is 23.8 Å². The zero-order valence-corrected chi connectivity index (χ0v) is 23.8. The van der Waals surface area contributed by atoms with Crippen molar-refractivity contribution in [1.82, 2.24) is 15.1 Å². The van der Waals surface area contributed by atoms with Crippen molar-refractivity contribution < 1.29 is 23.9 Å². The normalized spacial score (nSPS) is 37.0. The molecule has 1 aliphatic carbocycles. The number of morpholine rings is 1. The van der Waals surface area contributed by atoms with Gasteiger partial charge in [-0.3, -0.25) is 19.3 Å². The van der Waals surface area contributed by atoms with Crippen LogP contribution in [0.25, 0.3) is 0 Å². The minimum atomic E-state index is -1.14. The van der Waals surface area contributed by atoms with Crippen LogP contribution in [0.5, 0.6) is 0 Å². The number of likely N-dealkylation sites (tertiary alicyclic amines) is 1. The van der Waals surface area contributed by atoms with E-state index < -0.39 is 29.6 Å². The number of fused-ring (bicyclic) bond motifs is 1. The summed E-state index contributed by atoms with van der Waals surface area (Å²) in [4.78, 5) is 46.0. The molecule has 0 radical (unpaired) electrons. The molecule has 1 spiro atoms. The average molecular weight is 551 g/mol. The minimum absolute atomic E-state index is 0.0610. The Bertz CT molecular complexity index is 1180. The number of aryl methyl sites for hydroxylation is 1. The molecule has 4 fully saturated rings. The molecule has 4 heterocycles. The maximum absolute atomic E-state index is 14.2. The fourth-order valence-corrected chi connectivity index (χ4v) is 7.58. The molecular formula is C31H42N4O5. The summed E-state index contributed by atoms with van der Waals surface area (Å²) in [5, 5.41) is 6.34. The fourth-order valence-electron chi connectivity index (χ4n) is 7.58. The van der Waals surface area contributed by atoms with E-state index in [2.05, 4.69) is 29.4 Å². The lowest BCUT2D eigenvalue weighted by Gasteiger charge is -2.38. The van der Waals surface area contributed by atoms with E-state index in [9.17, 15) is 14.4 Å². The van der Waals surface area contributed by atoms with Crippen LogP contribution in [0.1, 0.15) is 38.7 Å². The maximum Gasteiger partial charge on any atom is 0.246 e. The smallest absolute Gasteiger partial charge is 0.246 e. The molecule has 1 saturated carbocycles. The second kappa shape index (κ2) is 10.9. The van der Waals surface area contributed by atoms with E-state index in [1.807, 2.05) is 43.3 Å². The van der Waals surface area contributed by atoms with Crippen LogP contribution in [0.15, 0.2) is 36.4 Å². The number of rotatable bonds is 7. The lowest BCUT2D eigenvalue weighted by Crippen LogP contribution is -2.58. The van der Waals surface area contributed by atoms with E-state index >= 15 is 0 Å². The Morgan fingerprint density at radius 3 is 2.67 bits per heavy atom. The molecule has 0 aromatic heterocycles. The Hall–Kier alpha value is -2.75. The van der Waals surface area contributed by atoms with Crippen molar-refractivity contribution in [3.63, 3.8) is 0 Å². The van der Waals surface area contributed by atoms with E-state index in [0.717, 1.165) is 31.5 Å². The summed E-state index contributed by atoms with van der Waals surface area (Å²) < 4.78 is 12.0. The molecule has 2 N–H and O–H groups in total. The van der Waals surface area contributed by atoms with E-state index in [1.54, 1.807) is 4.90 Å². The lowest BCUT2D eigenvalue weighted by atomic mass is 9.73. The molecule has 4 aliphatic heterocycles. The maximum atomic E-state index is 14.2. The zero-order valence-electron chi connectivity index (χ0n) is 23.8. The number of anilines is 1. The molecule has 1 aromatic carbocycles. The molecular weight excluding hydrogens is 508 g/mol. The Kier molecular flexibility index (Phi) is 7.48. The highest BCUT2D eigenvalue weighted by molar-refractivity contribution is 6.02. The number of nitrogens with zero attached hydrogens (tertiary/aromatic N) is 2. The van der Waals surface area contributed by atoms with Gasteiger partial charge < -0.3 is 25.0 Å². The lowest BCUT2D eigenvalue weighted by molar-refractivity contribution is -0.142. The number of nitrogens with one attached hydrogen (secondary N) is 2. The predicted molar refractivity (Wildman–Crippen MR) is 150 cm³/mol. The van der Waals surface area contributed by atoms with Gasteiger partial charge in [0, 0.05) is 37.9 Å². The van der Waals surface area contributed by atoms with Gasteiger partial charge in [-0.15, -0.1) is 0 Å². The topological polar surface area (TPSA) is 100 Å². The first-order valence-corrected chi connectivity index (χ1v) is 14.9. The van der Waals surface area contributed by atoms with Crippen molar-refractivity contribution in [3.05, 3.63) is 42.0 Å². The van der Waals surface area contributed by atoms with Crippen molar-refractivity contribution >= 4 is 23.4 Å². The van der Waals surface area contributed by atoms with Crippen LogP contribution in [0, 0.1) is 30.6 Å². The SMILES string of the molecule is Cc1cccc(NC(=O)C2[C@H]3C=CC4(O3)C(C(=O)NC3CCCC(C)C3C)N(CCN3CCOCC3)C(=O)[C@@H]24)c1. The van der Waals surface area contributed by atoms with Gasteiger partial charge in [0.1, 0.15) is 11.6 Å². The first-order valence-electron chi connectivity index (χ1n) is 14.9. The molecule has 5 aliphatic rings. The van der Waals surface area contributed by atoms with Gasteiger partial charge in [-0.1, -0.05) is 51.0 Å². The van der Waals surface area contributed by atoms with Gasteiger partial charge in [0.25, 0.3) is 0 Å². The van der Waals surface area contributed by atoms with Crippen LogP contribution >= 0.6 is 0 Å². The highest BCUT2D eigenvalue weighted by Gasteiger charge is 2.72. The van der Waals surface area contributed by atoms with Crippen molar-refractivity contribution in [1.29, 1.82) is 0 Å². The van der Waals surface area contributed by atoms with Gasteiger partial charge in [-0.2, -0.15) is 0 Å². The summed E-state index contributed by atoms with van der Waals surface area (Å²) in [5.41, 5.74) is 0.581. The Balaban J connectivity index is 1.27. The van der Waals surface area contributed by atoms with Gasteiger partial charge in [-0.05, 0) is 42.9 Å². The van der Waals surface area contributed by atoms with Gasteiger partial charge in [0.05, 0.1) is 31.2 Å². The molecule has 40 heavy (non-hydrogen) atoms. The Morgan fingerprint density at radius 1 is 1.10 bits per heavy atom. The number of ether oxygens (including phenoxy) is 2. The van der Waals surface area contributed by atoms with E-state index in [1.165, 1.54) is 6.42 Å². The summed E-state index contributed by atoms with van der Waals surface area (Å²) in [6, 6.07) is 6.87. The van der Waals surface area contributed by atoms with Crippen LogP contribution in [-0.4, -0.2) is 90.7 Å². The molecule has 3 saturated heterocycles. The number of hydrogen-bond donors (Lipinski definition) is 2. The third-order valence-electron chi connectivity index (χ3n) is 10.0. The third kappa shape index (κ3) is 4.76. The van der Waals surface area contributed by atoms with Gasteiger partial charge in [-0.25, -0.2) is 0 Å². The molecule has 8 atom stereocenters. The first-order chi connectivity index (χ1) is 19.3. The van der Waals surface area contributed by atoms with Crippen LogP contribution in [0.3, 0.4) is 0 Å². The fraction of sp³-hybridized carbons (Fsp3) is 0.645. The molecule has 216 valence electrons.